The molecule has 11 heavy (non-hydrogen) atoms. The van der Waals surface area contributed by atoms with Gasteiger partial charge in [0.15, 0.2) is 0 Å². The Kier molecular flexibility index (Phi) is 2.07. The summed E-state index contributed by atoms with van der Waals surface area (Å²) in [7, 11) is 0. The second-order valence-corrected chi connectivity index (χ2v) is 2.21. The molecule has 60 valence electrons. The zero-order chi connectivity index (χ0) is 8.43. The van der Waals surface area contributed by atoms with Crippen LogP contribution in [0.1, 0.15) is 5.56 Å². The maximum atomic E-state index is 12.6. The van der Waals surface area contributed by atoms with Crippen LogP contribution in [-0.2, 0) is 0 Å². The number of aryl methyl sites for hydroxylation is 1. The average molecular weight is 156 g/mol. The van der Waals surface area contributed by atoms with Crippen molar-refractivity contribution in [2.45, 2.75) is 6.92 Å². The van der Waals surface area contributed by atoms with Gasteiger partial charge in [0.1, 0.15) is 5.82 Å². The van der Waals surface area contributed by atoms with Crippen LogP contribution in [0.5, 0.6) is 0 Å². The predicted octanol–water partition coefficient (Wildman–Crippen LogP) is 1.83. The van der Waals surface area contributed by atoms with Crippen molar-refractivity contribution in [3.8, 4) is 0 Å². The summed E-state index contributed by atoms with van der Waals surface area (Å²) in [5.41, 5.74) is 0.362. The molecule has 0 aliphatic heterocycles. The van der Waals surface area contributed by atoms with Crippen LogP contribution in [0.2, 0.25) is 0 Å². The molecule has 0 bridgehead atoms. The third-order valence-corrected chi connectivity index (χ3v) is 1.36. The van der Waals surface area contributed by atoms with Crippen molar-refractivity contribution in [1.29, 1.82) is 0 Å². The third kappa shape index (κ3) is 1.66. The van der Waals surface area contributed by atoms with E-state index in [0.29, 0.717) is 5.56 Å². The van der Waals surface area contributed by atoms with Gasteiger partial charge in [-0.05, 0) is 30.7 Å². The maximum Gasteiger partial charge on any atom is 0.126 e. The van der Waals surface area contributed by atoms with E-state index in [1.165, 1.54) is 19.1 Å². The van der Waals surface area contributed by atoms with E-state index in [1.54, 1.807) is 0 Å². The topological polar surface area (TPSA) is 46.5 Å². The van der Waals surface area contributed by atoms with Gasteiger partial charge in [-0.25, -0.2) is 4.39 Å². The van der Waals surface area contributed by atoms with Crippen molar-refractivity contribution in [2.24, 2.45) is 0 Å². The van der Waals surface area contributed by atoms with Crippen molar-refractivity contribution in [1.82, 2.24) is 0 Å². The Balaban J connectivity index is 3.05. The van der Waals surface area contributed by atoms with Crippen LogP contribution in [0.4, 0.5) is 10.1 Å². The molecule has 0 aromatic heterocycles. The quantitative estimate of drug-likeness (QED) is 0.631. The summed E-state index contributed by atoms with van der Waals surface area (Å²) in [6.45, 7) is 1.52. The van der Waals surface area contributed by atoms with E-state index < -0.39 is 5.82 Å². The highest BCUT2D eigenvalue weighted by Gasteiger charge is 1.97. The van der Waals surface area contributed by atoms with Gasteiger partial charge in [-0.2, -0.15) is 0 Å². The molecule has 3 nitrogen and oxygen atoms in total. The molecule has 1 N–H and O–H groups in total. The van der Waals surface area contributed by atoms with Crippen LogP contribution in [-0.4, -0.2) is 5.21 Å². The summed E-state index contributed by atoms with van der Waals surface area (Å²) in [6.07, 6.45) is 0. The Morgan fingerprint density at radius 1 is 1.55 bits per heavy atom. The molecule has 0 saturated heterocycles. The van der Waals surface area contributed by atoms with E-state index in [-0.39, 0.29) is 10.9 Å². The molecule has 0 radical (unpaired) electrons. The van der Waals surface area contributed by atoms with Crippen LogP contribution >= 0.6 is 0 Å². The molecule has 0 heterocycles. The third-order valence-electron chi connectivity index (χ3n) is 1.36. The highest BCUT2D eigenvalue weighted by molar-refractivity contribution is 5.46. The fraction of sp³-hybridized carbons (Fsp3) is 0.143. The second kappa shape index (κ2) is 2.86. The summed E-state index contributed by atoms with van der Waals surface area (Å²) in [5, 5.41) is 18.4. The highest BCUT2D eigenvalue weighted by Crippen LogP contribution is 2.15. The molecule has 0 unspecified atom stereocenters. The smallest absolute Gasteiger partial charge is 0.126 e. The normalized spacial score (nSPS) is 9.82. The zero-order valence-corrected chi connectivity index (χ0v) is 5.91. The monoisotopic (exact) mass is 156 g/mol. The van der Waals surface area contributed by atoms with Crippen molar-refractivity contribution < 1.29 is 9.60 Å². The summed E-state index contributed by atoms with van der Waals surface area (Å²) in [5.74, 6) is -0.393. The van der Waals surface area contributed by atoms with E-state index in [4.69, 9.17) is 5.21 Å². The van der Waals surface area contributed by atoms with Crippen molar-refractivity contribution >= 4 is 5.69 Å². The van der Waals surface area contributed by atoms with Gasteiger partial charge in [0.05, 0.1) is 5.69 Å². The van der Waals surface area contributed by atoms with E-state index in [1.807, 2.05) is 0 Å². The first-order chi connectivity index (χ1) is 5.11. The lowest BCUT2D eigenvalue weighted by molar-refractivity contribution is 0.296. The van der Waals surface area contributed by atoms with Gasteiger partial charge < -0.3 is 10.4 Å². The van der Waals surface area contributed by atoms with Crippen molar-refractivity contribution in [3.63, 3.8) is 0 Å². The number of hydrogen-bond donors (Lipinski definition) is 1. The van der Waals surface area contributed by atoms with Gasteiger partial charge in [-0.1, -0.05) is 0 Å². The van der Waals surface area contributed by atoms with Crippen molar-refractivity contribution in [2.75, 3.05) is 5.23 Å². The van der Waals surface area contributed by atoms with Gasteiger partial charge in [0, 0.05) is 0 Å². The van der Waals surface area contributed by atoms with E-state index >= 15 is 0 Å². The Hall–Kier alpha value is -1.13. The number of benzene rings is 1. The average Bonchev–Trinajstić information content (AvgIpc) is 1.94. The number of anilines is 1. The number of halogens is 1. The van der Waals surface area contributed by atoms with Gasteiger partial charge in [-0.3, -0.25) is 5.21 Å². The van der Waals surface area contributed by atoms with Crippen LogP contribution in [0.25, 0.3) is 0 Å². The van der Waals surface area contributed by atoms with Gasteiger partial charge >= 0.3 is 0 Å². The lowest BCUT2D eigenvalue weighted by Crippen LogP contribution is -2.07. The van der Waals surface area contributed by atoms with Gasteiger partial charge in [0.25, 0.3) is 0 Å². The molecule has 0 aliphatic rings. The molecular formula is C7H7FNO2-. The molecule has 0 amide bonds. The van der Waals surface area contributed by atoms with Crippen molar-refractivity contribution in [3.05, 3.63) is 34.8 Å². The molecule has 0 aliphatic carbocycles. The summed E-state index contributed by atoms with van der Waals surface area (Å²) >= 11 is 0. The standard InChI is InChI=1S/C7H7FNO2/c1-5-4-6(9(10)11)2-3-7(5)8/h2-4,10H,1H3/q-1. The fourth-order valence-corrected chi connectivity index (χ4v) is 0.748. The minimum atomic E-state index is -0.393. The van der Waals surface area contributed by atoms with Crippen LogP contribution in [0.15, 0.2) is 18.2 Å². The molecule has 0 spiro atoms. The van der Waals surface area contributed by atoms with E-state index in [9.17, 15) is 9.60 Å². The molecule has 0 saturated carbocycles. The van der Waals surface area contributed by atoms with Crippen LogP contribution < -0.4 is 5.23 Å². The summed E-state index contributed by atoms with van der Waals surface area (Å²) < 4.78 is 12.6. The van der Waals surface area contributed by atoms with Crippen LogP contribution in [0, 0.1) is 17.9 Å². The predicted molar refractivity (Wildman–Crippen MR) is 38.8 cm³/mol. The molecule has 0 atom stereocenters. The minimum Gasteiger partial charge on any atom is -0.733 e. The summed E-state index contributed by atoms with van der Waals surface area (Å²) in [6, 6.07) is 3.60. The number of rotatable bonds is 1. The number of nitrogens with zero attached hydrogens (tertiary/aromatic N) is 1. The first-order valence-electron chi connectivity index (χ1n) is 3.03. The Morgan fingerprint density at radius 3 is 2.64 bits per heavy atom. The van der Waals surface area contributed by atoms with E-state index in [0.717, 1.165) is 6.07 Å². The Morgan fingerprint density at radius 2 is 2.18 bits per heavy atom. The molecule has 1 aromatic carbocycles. The summed E-state index contributed by atoms with van der Waals surface area (Å²) in [4.78, 5) is 0. The van der Waals surface area contributed by atoms with Gasteiger partial charge in [0.2, 0.25) is 0 Å². The second-order valence-electron chi connectivity index (χ2n) is 2.21. The highest BCUT2D eigenvalue weighted by atomic mass is 19.1. The molecule has 1 rings (SSSR count). The lowest BCUT2D eigenvalue weighted by atomic mass is 10.2. The number of hydrogen-bond acceptors (Lipinski definition) is 3. The van der Waals surface area contributed by atoms with E-state index in [2.05, 4.69) is 0 Å². The van der Waals surface area contributed by atoms with Crippen LogP contribution in [0.3, 0.4) is 0 Å². The largest absolute Gasteiger partial charge is 0.733 e. The molecule has 4 heteroatoms. The Labute approximate surface area is 63.2 Å². The zero-order valence-electron chi connectivity index (χ0n) is 5.91. The fourth-order valence-electron chi connectivity index (χ4n) is 0.748. The molecular weight excluding hydrogens is 149 g/mol. The SMILES string of the molecule is Cc1cc(N([O-])O)ccc1F. The first-order valence-corrected chi connectivity index (χ1v) is 3.03. The molecule has 0 fully saturated rings. The molecule has 1 aromatic rings. The maximum absolute atomic E-state index is 12.6. The first kappa shape index (κ1) is 7.97. The van der Waals surface area contributed by atoms with Gasteiger partial charge in [-0.15, -0.1) is 0 Å². The Bertz CT molecular complexity index is 263. The minimum absolute atomic E-state index is 0.0314. The lowest BCUT2D eigenvalue weighted by Gasteiger charge is -2.21.